The molecule has 0 unspecified atom stereocenters. The summed E-state index contributed by atoms with van der Waals surface area (Å²) in [6, 6.07) is 5.32. The minimum absolute atomic E-state index is 0.0497. The van der Waals surface area contributed by atoms with Crippen molar-refractivity contribution in [1.29, 1.82) is 0 Å². The Labute approximate surface area is 189 Å². The van der Waals surface area contributed by atoms with E-state index >= 15 is 0 Å². The lowest BCUT2D eigenvalue weighted by molar-refractivity contribution is 0.0436. The van der Waals surface area contributed by atoms with E-state index in [0.29, 0.717) is 0 Å². The molecule has 182 valence electrons. The zero-order valence-corrected chi connectivity index (χ0v) is 17.2. The monoisotopic (exact) mass is 490 g/mol. The van der Waals surface area contributed by atoms with Gasteiger partial charge in [-0.2, -0.15) is 26.3 Å². The summed E-state index contributed by atoms with van der Waals surface area (Å²) in [5.74, 6) is -1.61. The van der Waals surface area contributed by atoms with Crippen LogP contribution < -0.4 is 9.47 Å². The third-order valence-corrected chi connectivity index (χ3v) is 3.88. The van der Waals surface area contributed by atoms with E-state index in [1.807, 2.05) is 0 Å². The minimum atomic E-state index is -2.61. The minimum Gasteiger partial charge on any atom is -0.462 e. The van der Waals surface area contributed by atoms with E-state index in [1.54, 1.807) is 0 Å². The second-order valence-electron chi connectivity index (χ2n) is 6.29. The molecule has 0 heterocycles. The average molecular weight is 490 g/mol. The molecular weight excluding hydrogens is 474 g/mol. The molecule has 6 nitrogen and oxygen atoms in total. The van der Waals surface area contributed by atoms with Crippen molar-refractivity contribution < 1.29 is 54.9 Å². The molecule has 0 N–H and O–H groups in total. The van der Waals surface area contributed by atoms with Gasteiger partial charge in [0.1, 0.15) is 18.1 Å². The van der Waals surface area contributed by atoms with Crippen LogP contribution in [0.1, 0.15) is 27.1 Å². The Kier molecular flexibility index (Phi) is 10.1. The van der Waals surface area contributed by atoms with E-state index in [0.717, 1.165) is 24.3 Å². The second kappa shape index (κ2) is 13.0. The van der Waals surface area contributed by atoms with Crippen molar-refractivity contribution in [2.75, 3.05) is 19.8 Å². The van der Waals surface area contributed by atoms with Crippen molar-refractivity contribution in [2.24, 2.45) is 0 Å². The molecule has 0 aliphatic heterocycles. The number of ether oxygens (including phenoxy) is 4. The Morgan fingerprint density at radius 3 is 1.59 bits per heavy atom. The third kappa shape index (κ3) is 8.62. The lowest BCUT2D eigenvalue weighted by atomic mass is 10.1. The summed E-state index contributed by atoms with van der Waals surface area (Å²) in [6.07, 6.45) is -4.97. The van der Waals surface area contributed by atoms with Crippen LogP contribution in [0.2, 0.25) is 0 Å². The summed E-state index contributed by atoms with van der Waals surface area (Å²) >= 11 is 0. The maximum Gasteiger partial charge on any atom is 0.344 e. The Hall–Kier alpha value is -3.80. The third-order valence-electron chi connectivity index (χ3n) is 3.88. The van der Waals surface area contributed by atoms with Crippen LogP contribution in [0, 0.1) is 0 Å². The summed E-state index contributed by atoms with van der Waals surface area (Å²) < 4.78 is 92.1. The Morgan fingerprint density at radius 1 is 0.647 bits per heavy atom. The van der Waals surface area contributed by atoms with Crippen molar-refractivity contribution in [1.82, 2.24) is 0 Å². The predicted octanol–water partition coefficient (Wildman–Crippen LogP) is 5.96. The first-order valence-electron chi connectivity index (χ1n) is 9.43. The molecule has 0 aliphatic rings. The molecule has 0 radical (unpaired) electrons. The largest absolute Gasteiger partial charge is 0.462 e. The van der Waals surface area contributed by atoms with E-state index in [2.05, 4.69) is 9.47 Å². The van der Waals surface area contributed by atoms with Crippen LogP contribution in [0.4, 0.5) is 26.3 Å². The first kappa shape index (κ1) is 26.5. The van der Waals surface area contributed by atoms with E-state index in [9.17, 15) is 35.9 Å². The number of rotatable bonds is 12. The first-order valence-corrected chi connectivity index (χ1v) is 9.43. The molecule has 0 bridgehead atoms. The van der Waals surface area contributed by atoms with Crippen molar-refractivity contribution in [2.45, 2.75) is 6.42 Å². The number of benzene rings is 2. The van der Waals surface area contributed by atoms with Crippen LogP contribution in [-0.4, -0.2) is 31.6 Å². The van der Waals surface area contributed by atoms with Crippen LogP contribution in [0.5, 0.6) is 11.5 Å². The van der Waals surface area contributed by atoms with Gasteiger partial charge in [0, 0.05) is 12.0 Å². The quantitative estimate of drug-likeness (QED) is 0.120. The van der Waals surface area contributed by atoms with Gasteiger partial charge in [-0.15, -0.1) is 0 Å². The van der Waals surface area contributed by atoms with Crippen molar-refractivity contribution >= 4 is 11.8 Å². The number of carbonyl (C=O) groups is 2. The van der Waals surface area contributed by atoms with Crippen LogP contribution >= 0.6 is 0 Å². The number of hydrogen-bond acceptors (Lipinski definition) is 6. The topological polar surface area (TPSA) is 71.1 Å². The van der Waals surface area contributed by atoms with Gasteiger partial charge in [-0.3, -0.25) is 4.79 Å². The lowest BCUT2D eigenvalue weighted by Crippen LogP contribution is -2.12. The van der Waals surface area contributed by atoms with Gasteiger partial charge in [0.2, 0.25) is 0 Å². The zero-order valence-electron chi connectivity index (χ0n) is 17.2. The van der Waals surface area contributed by atoms with Gasteiger partial charge in [-0.25, -0.2) is 4.79 Å². The molecule has 2 aromatic carbocycles. The van der Waals surface area contributed by atoms with E-state index in [4.69, 9.17) is 9.47 Å². The van der Waals surface area contributed by atoms with E-state index in [-0.39, 0.29) is 48.9 Å². The Balaban J connectivity index is 1.67. The highest BCUT2D eigenvalue weighted by Gasteiger charge is 2.12. The second-order valence-corrected chi connectivity index (χ2v) is 6.29. The predicted molar refractivity (Wildman–Crippen MR) is 105 cm³/mol. The van der Waals surface area contributed by atoms with Crippen molar-refractivity contribution in [3.63, 3.8) is 0 Å². The van der Waals surface area contributed by atoms with Crippen LogP contribution in [0.3, 0.4) is 0 Å². The molecule has 0 atom stereocenters. The van der Waals surface area contributed by atoms with E-state index < -0.39 is 35.9 Å². The van der Waals surface area contributed by atoms with Gasteiger partial charge in [-0.1, -0.05) is 0 Å². The van der Waals surface area contributed by atoms with Crippen LogP contribution in [-0.2, 0) is 9.47 Å². The number of halogens is 6. The number of ketones is 1. The molecule has 0 amide bonds. The number of hydrogen-bond donors (Lipinski definition) is 0. The van der Waals surface area contributed by atoms with E-state index in [1.165, 1.54) is 24.3 Å². The molecule has 0 saturated heterocycles. The number of carbonyl (C=O) groups excluding carboxylic acids is 2. The average Bonchev–Trinajstić information content (AvgIpc) is 2.81. The molecule has 12 heteroatoms. The molecular formula is C22H16F6O6. The molecule has 0 aliphatic carbocycles. The van der Waals surface area contributed by atoms with Gasteiger partial charge in [0.25, 0.3) is 0 Å². The van der Waals surface area contributed by atoms with Gasteiger partial charge in [0.05, 0.1) is 18.8 Å². The Bertz CT molecular complexity index is 957. The number of Topliss-reactive ketones (excluding diaryl/α,β-unsaturated/α-hetero) is 1. The highest BCUT2D eigenvalue weighted by Crippen LogP contribution is 2.20. The van der Waals surface area contributed by atoms with Gasteiger partial charge >= 0.3 is 30.2 Å². The maximum absolute atomic E-state index is 12.7. The normalized spacial score (nSPS) is 10.3. The van der Waals surface area contributed by atoms with Crippen LogP contribution in [0.15, 0.2) is 72.7 Å². The SMILES string of the molecule is O=C(COCCCOC(=O)c1ccc(OC(F)=C(F)F)cc1)c1ccc(OC(F)=C(F)F)cc1. The zero-order chi connectivity index (χ0) is 25.1. The smallest absolute Gasteiger partial charge is 0.344 e. The molecule has 34 heavy (non-hydrogen) atoms. The lowest BCUT2D eigenvalue weighted by Gasteiger charge is -2.07. The molecule has 0 spiro atoms. The highest BCUT2D eigenvalue weighted by atomic mass is 19.3. The van der Waals surface area contributed by atoms with Gasteiger partial charge in [-0.05, 0) is 48.5 Å². The molecule has 0 saturated carbocycles. The summed E-state index contributed by atoms with van der Waals surface area (Å²) in [6.45, 7) is -0.293. The van der Waals surface area contributed by atoms with Crippen molar-refractivity contribution in [3.8, 4) is 11.5 Å². The summed E-state index contributed by atoms with van der Waals surface area (Å²) in [7, 11) is 0. The summed E-state index contributed by atoms with van der Waals surface area (Å²) in [4.78, 5) is 23.9. The fraction of sp³-hybridized carbons (Fsp3) is 0.182. The fourth-order valence-corrected chi connectivity index (χ4v) is 2.31. The fourth-order valence-electron chi connectivity index (χ4n) is 2.31. The molecule has 0 aromatic heterocycles. The summed E-state index contributed by atoms with van der Waals surface area (Å²) in [5, 5.41) is 0. The molecule has 2 aromatic rings. The maximum atomic E-state index is 12.7. The highest BCUT2D eigenvalue weighted by molar-refractivity contribution is 5.97. The number of esters is 1. The summed E-state index contributed by atoms with van der Waals surface area (Å²) in [5.41, 5.74) is 0.256. The van der Waals surface area contributed by atoms with Crippen molar-refractivity contribution in [3.05, 3.63) is 83.8 Å². The first-order chi connectivity index (χ1) is 16.2. The standard InChI is InChI=1S/C22H16F6O6/c23-18(24)20(27)33-15-6-2-13(3-7-15)17(29)12-31-10-1-11-32-22(30)14-4-8-16(9-5-14)34-21(28)19(25)26/h2-9H,1,10-12H2. The van der Waals surface area contributed by atoms with Gasteiger partial charge < -0.3 is 18.9 Å². The molecule has 0 fully saturated rings. The molecule has 2 rings (SSSR count). The van der Waals surface area contributed by atoms with Crippen LogP contribution in [0.25, 0.3) is 0 Å². The Morgan fingerprint density at radius 2 is 1.12 bits per heavy atom. The van der Waals surface area contributed by atoms with Gasteiger partial charge in [0.15, 0.2) is 5.78 Å².